The molecule has 0 bridgehead atoms. The van der Waals surface area contributed by atoms with Gasteiger partial charge in [0.1, 0.15) is 6.04 Å². The summed E-state index contributed by atoms with van der Waals surface area (Å²) < 4.78 is 0. The summed E-state index contributed by atoms with van der Waals surface area (Å²) in [6.45, 7) is 5.99. The Morgan fingerprint density at radius 2 is 1.48 bits per heavy atom. The van der Waals surface area contributed by atoms with Crippen LogP contribution in [0.25, 0.3) is 0 Å². The van der Waals surface area contributed by atoms with Gasteiger partial charge in [0.15, 0.2) is 0 Å². The molecule has 40 heavy (non-hydrogen) atoms. The first-order valence-corrected chi connectivity index (χ1v) is 13.8. The Morgan fingerprint density at radius 3 is 2.08 bits per heavy atom. The van der Waals surface area contributed by atoms with E-state index < -0.39 is 11.6 Å². The third-order valence-electron chi connectivity index (χ3n) is 6.66. The number of rotatable bonds is 10. The molecule has 0 aromatic heterocycles. The lowest BCUT2D eigenvalue weighted by Gasteiger charge is -2.34. The third kappa shape index (κ3) is 7.16. The van der Waals surface area contributed by atoms with Gasteiger partial charge in [-0.1, -0.05) is 66.2 Å². The quantitative estimate of drug-likeness (QED) is 0.343. The zero-order valence-corrected chi connectivity index (χ0v) is 23.8. The van der Waals surface area contributed by atoms with E-state index in [4.69, 9.17) is 11.6 Å². The van der Waals surface area contributed by atoms with Crippen molar-refractivity contribution >= 4 is 35.2 Å². The number of nitrogens with one attached hydrogen (secondary N) is 1. The number of amides is 4. The second kappa shape index (κ2) is 12.5. The molecule has 1 aliphatic rings. The molecule has 208 valence electrons. The van der Waals surface area contributed by atoms with Crippen molar-refractivity contribution in [2.24, 2.45) is 0 Å². The largest absolute Gasteiger partial charge is 0.350 e. The molecule has 1 N–H and O–H groups in total. The highest BCUT2D eigenvalue weighted by atomic mass is 35.5. The van der Waals surface area contributed by atoms with E-state index in [0.717, 1.165) is 11.1 Å². The van der Waals surface area contributed by atoms with E-state index in [1.165, 1.54) is 4.90 Å². The van der Waals surface area contributed by atoms with Crippen molar-refractivity contribution in [1.29, 1.82) is 0 Å². The predicted molar refractivity (Wildman–Crippen MR) is 155 cm³/mol. The third-order valence-corrected chi connectivity index (χ3v) is 6.90. The second-order valence-corrected chi connectivity index (χ2v) is 11.4. The number of carbonyl (C=O) groups is 4. The molecular weight excluding hydrogens is 526 g/mol. The van der Waals surface area contributed by atoms with Gasteiger partial charge >= 0.3 is 0 Å². The van der Waals surface area contributed by atoms with E-state index in [9.17, 15) is 19.2 Å². The van der Waals surface area contributed by atoms with Crippen molar-refractivity contribution in [3.8, 4) is 0 Å². The van der Waals surface area contributed by atoms with Crippen molar-refractivity contribution in [2.75, 3.05) is 6.54 Å². The highest BCUT2D eigenvalue weighted by molar-refractivity contribution is 6.30. The van der Waals surface area contributed by atoms with E-state index in [1.807, 2.05) is 63.2 Å². The Hall–Kier alpha value is -3.97. The number of hydrogen-bond donors (Lipinski definition) is 1. The Morgan fingerprint density at radius 1 is 0.875 bits per heavy atom. The summed E-state index contributed by atoms with van der Waals surface area (Å²) in [6, 6.07) is 22.7. The van der Waals surface area contributed by atoms with Crippen molar-refractivity contribution in [3.05, 3.63) is 106 Å². The van der Waals surface area contributed by atoms with Crippen LogP contribution in [-0.2, 0) is 22.6 Å². The minimum Gasteiger partial charge on any atom is -0.350 e. The van der Waals surface area contributed by atoms with Crippen LogP contribution >= 0.6 is 11.6 Å². The molecule has 0 saturated heterocycles. The van der Waals surface area contributed by atoms with E-state index in [0.29, 0.717) is 22.6 Å². The molecule has 3 aromatic rings. The summed E-state index contributed by atoms with van der Waals surface area (Å²) >= 11 is 6.24. The average molecular weight is 560 g/mol. The molecule has 1 aliphatic heterocycles. The van der Waals surface area contributed by atoms with Crippen molar-refractivity contribution in [1.82, 2.24) is 15.1 Å². The van der Waals surface area contributed by atoms with Crippen LogP contribution in [0, 0.1) is 0 Å². The standard InChI is InChI=1S/C32H34ClN3O4/c1-32(2,3)34-29(38)27(20-22-11-5-4-6-12-22)36(21-23-13-9-14-24(33)19-23)28(37)17-10-18-35-30(39)25-15-7-8-16-26(25)31(35)40/h4-9,11-16,19,27H,10,17-18,20-21H2,1-3H3,(H,34,38). The van der Waals surface area contributed by atoms with Gasteiger partial charge in [0.2, 0.25) is 11.8 Å². The molecule has 1 atom stereocenters. The van der Waals surface area contributed by atoms with Crippen LogP contribution in [0.1, 0.15) is 65.5 Å². The molecule has 3 aromatic carbocycles. The Bertz CT molecular complexity index is 1370. The smallest absolute Gasteiger partial charge is 0.261 e. The lowest BCUT2D eigenvalue weighted by molar-refractivity contribution is -0.142. The van der Waals surface area contributed by atoms with Gasteiger partial charge < -0.3 is 10.2 Å². The first-order chi connectivity index (χ1) is 19.0. The molecule has 1 heterocycles. The molecule has 0 spiro atoms. The van der Waals surface area contributed by atoms with Gasteiger partial charge in [-0.05, 0) is 62.6 Å². The predicted octanol–water partition coefficient (Wildman–Crippen LogP) is 5.27. The van der Waals surface area contributed by atoms with Crippen LogP contribution in [0.15, 0.2) is 78.9 Å². The minimum atomic E-state index is -0.785. The van der Waals surface area contributed by atoms with E-state index >= 15 is 0 Å². The van der Waals surface area contributed by atoms with Gasteiger partial charge in [-0.15, -0.1) is 0 Å². The molecule has 7 nitrogen and oxygen atoms in total. The summed E-state index contributed by atoms with van der Waals surface area (Å²) in [5, 5.41) is 3.57. The highest BCUT2D eigenvalue weighted by Gasteiger charge is 2.36. The van der Waals surface area contributed by atoms with Crippen LogP contribution in [0.3, 0.4) is 0 Å². The molecule has 0 saturated carbocycles. The molecular formula is C32H34ClN3O4. The number of hydrogen-bond acceptors (Lipinski definition) is 4. The molecule has 4 amide bonds. The van der Waals surface area contributed by atoms with Gasteiger partial charge in [-0.3, -0.25) is 24.1 Å². The summed E-state index contributed by atoms with van der Waals surface area (Å²) in [7, 11) is 0. The highest BCUT2D eigenvalue weighted by Crippen LogP contribution is 2.24. The zero-order valence-electron chi connectivity index (χ0n) is 23.0. The van der Waals surface area contributed by atoms with Crippen LogP contribution in [0.2, 0.25) is 5.02 Å². The second-order valence-electron chi connectivity index (χ2n) is 11.0. The monoisotopic (exact) mass is 559 g/mol. The summed E-state index contributed by atoms with van der Waals surface area (Å²) in [6.07, 6.45) is 0.658. The van der Waals surface area contributed by atoms with Gasteiger partial charge in [0.25, 0.3) is 11.8 Å². The number of benzene rings is 3. The maximum absolute atomic E-state index is 13.8. The molecule has 8 heteroatoms. The lowest BCUT2D eigenvalue weighted by atomic mass is 10.00. The van der Waals surface area contributed by atoms with Gasteiger partial charge in [0, 0.05) is 36.5 Å². The fourth-order valence-corrected chi connectivity index (χ4v) is 5.03. The maximum Gasteiger partial charge on any atom is 0.261 e. The number of carbonyl (C=O) groups excluding carboxylic acids is 4. The molecule has 4 rings (SSSR count). The Labute approximate surface area is 240 Å². The van der Waals surface area contributed by atoms with E-state index in [-0.39, 0.29) is 49.6 Å². The number of imide groups is 1. The number of halogens is 1. The molecule has 0 aliphatic carbocycles. The van der Waals surface area contributed by atoms with Crippen LogP contribution in [0.4, 0.5) is 0 Å². The number of nitrogens with zero attached hydrogens (tertiary/aromatic N) is 2. The molecule has 1 unspecified atom stereocenters. The maximum atomic E-state index is 13.8. The van der Waals surface area contributed by atoms with Gasteiger partial charge in [-0.25, -0.2) is 0 Å². The van der Waals surface area contributed by atoms with E-state index in [1.54, 1.807) is 41.3 Å². The fourth-order valence-electron chi connectivity index (χ4n) is 4.81. The van der Waals surface area contributed by atoms with Crippen LogP contribution in [0.5, 0.6) is 0 Å². The fraction of sp³-hybridized carbons (Fsp3) is 0.312. The summed E-state index contributed by atoms with van der Waals surface area (Å²) in [5.74, 6) is -1.21. The first-order valence-electron chi connectivity index (χ1n) is 13.4. The normalized spacial score (nSPS) is 13.7. The Balaban J connectivity index is 1.56. The number of fused-ring (bicyclic) bond motifs is 1. The van der Waals surface area contributed by atoms with Crippen LogP contribution in [-0.4, -0.2) is 51.6 Å². The zero-order chi connectivity index (χ0) is 28.9. The lowest BCUT2D eigenvalue weighted by Crippen LogP contribution is -2.54. The molecule has 0 radical (unpaired) electrons. The van der Waals surface area contributed by atoms with Crippen molar-refractivity contribution in [3.63, 3.8) is 0 Å². The van der Waals surface area contributed by atoms with E-state index in [2.05, 4.69) is 5.32 Å². The van der Waals surface area contributed by atoms with Gasteiger partial charge in [-0.2, -0.15) is 0 Å². The average Bonchev–Trinajstić information content (AvgIpc) is 3.15. The molecule has 0 fully saturated rings. The summed E-state index contributed by atoms with van der Waals surface area (Å²) in [5.41, 5.74) is 1.98. The first kappa shape index (κ1) is 29.0. The van der Waals surface area contributed by atoms with Crippen LogP contribution < -0.4 is 5.32 Å². The van der Waals surface area contributed by atoms with Gasteiger partial charge in [0.05, 0.1) is 11.1 Å². The topological polar surface area (TPSA) is 86.8 Å². The minimum absolute atomic E-state index is 0.0576. The van der Waals surface area contributed by atoms with Crippen molar-refractivity contribution in [2.45, 2.75) is 58.2 Å². The van der Waals surface area contributed by atoms with Crippen molar-refractivity contribution < 1.29 is 19.2 Å². The SMILES string of the molecule is CC(C)(C)NC(=O)C(Cc1ccccc1)N(Cc1cccc(Cl)c1)C(=O)CCCN1C(=O)c2ccccc2C1=O. The summed E-state index contributed by atoms with van der Waals surface area (Å²) in [4.78, 5) is 55.8. The Kier molecular flexibility index (Phi) is 9.05.